The summed E-state index contributed by atoms with van der Waals surface area (Å²) in [6.45, 7) is 7.65. The van der Waals surface area contributed by atoms with E-state index in [0.29, 0.717) is 23.5 Å². The summed E-state index contributed by atoms with van der Waals surface area (Å²) in [6, 6.07) is 0. The molecule has 0 aromatic rings. The Hall–Kier alpha value is -0.370. The van der Waals surface area contributed by atoms with Gasteiger partial charge in [0.25, 0.3) is 0 Å². The number of hydrogen-bond acceptors (Lipinski definition) is 2. The molecule has 0 bridgehead atoms. The van der Waals surface area contributed by atoms with Crippen molar-refractivity contribution >= 4 is 5.78 Å². The zero-order valence-corrected chi connectivity index (χ0v) is 7.96. The minimum absolute atomic E-state index is 0.158. The molecule has 0 aromatic carbocycles. The van der Waals surface area contributed by atoms with E-state index < -0.39 is 0 Å². The van der Waals surface area contributed by atoms with Crippen LogP contribution in [0.3, 0.4) is 0 Å². The first-order valence-electron chi connectivity index (χ1n) is 4.64. The van der Waals surface area contributed by atoms with Crippen molar-refractivity contribution < 1.29 is 9.53 Å². The molecule has 2 atom stereocenters. The molecule has 0 N–H and O–H groups in total. The van der Waals surface area contributed by atoms with Gasteiger partial charge in [0.1, 0.15) is 5.78 Å². The number of carbonyl (C=O) groups excluding carboxylic acids is 1. The number of Topliss-reactive ketones (excluding diaryl/α,β-unsaturated/α-hetero) is 1. The molecule has 2 nitrogen and oxygen atoms in total. The molecule has 1 saturated carbocycles. The first-order chi connectivity index (χ1) is 5.52. The van der Waals surface area contributed by atoms with Crippen LogP contribution >= 0.6 is 0 Å². The molecule has 0 spiro atoms. The maximum atomic E-state index is 11.8. The van der Waals surface area contributed by atoms with Gasteiger partial charge in [0.05, 0.1) is 13.2 Å². The topological polar surface area (TPSA) is 26.3 Å². The molecule has 1 heterocycles. The van der Waals surface area contributed by atoms with Crippen LogP contribution in [0, 0.1) is 23.2 Å². The Morgan fingerprint density at radius 1 is 1.25 bits per heavy atom. The maximum absolute atomic E-state index is 11.8. The van der Waals surface area contributed by atoms with Crippen LogP contribution in [0.5, 0.6) is 0 Å². The Balaban J connectivity index is 2.01. The van der Waals surface area contributed by atoms with E-state index in [1.165, 1.54) is 0 Å². The Labute approximate surface area is 73.3 Å². The predicted molar refractivity (Wildman–Crippen MR) is 45.8 cm³/mol. The molecular formula is C10H16O2. The van der Waals surface area contributed by atoms with Gasteiger partial charge in [-0.2, -0.15) is 0 Å². The number of rotatable bonds is 1. The summed E-state index contributed by atoms with van der Waals surface area (Å²) in [6.07, 6.45) is 0. The summed E-state index contributed by atoms with van der Waals surface area (Å²) in [7, 11) is 0. The average molecular weight is 168 g/mol. The number of fused-ring (bicyclic) bond motifs is 1. The van der Waals surface area contributed by atoms with Crippen molar-refractivity contribution in [1.29, 1.82) is 0 Å². The number of carbonyl (C=O) groups is 1. The average Bonchev–Trinajstić information content (AvgIpc) is 2.39. The minimum atomic E-state index is -0.158. The second-order valence-corrected chi connectivity index (χ2v) is 5.01. The molecule has 0 amide bonds. The molecule has 2 unspecified atom stereocenters. The lowest BCUT2D eigenvalue weighted by atomic mass is 9.87. The highest BCUT2D eigenvalue weighted by atomic mass is 16.5. The fraction of sp³-hybridized carbons (Fsp3) is 0.900. The third-order valence-electron chi connectivity index (χ3n) is 2.99. The van der Waals surface area contributed by atoms with Crippen LogP contribution in [0.15, 0.2) is 0 Å². The summed E-state index contributed by atoms with van der Waals surface area (Å²) < 4.78 is 5.25. The van der Waals surface area contributed by atoms with Crippen molar-refractivity contribution in [1.82, 2.24) is 0 Å². The van der Waals surface area contributed by atoms with E-state index >= 15 is 0 Å². The van der Waals surface area contributed by atoms with Gasteiger partial charge in [0.2, 0.25) is 0 Å². The van der Waals surface area contributed by atoms with Crippen molar-refractivity contribution in [2.45, 2.75) is 20.8 Å². The van der Waals surface area contributed by atoms with Crippen LogP contribution < -0.4 is 0 Å². The Bertz CT molecular complexity index is 204. The van der Waals surface area contributed by atoms with Gasteiger partial charge >= 0.3 is 0 Å². The third-order valence-corrected chi connectivity index (χ3v) is 2.99. The summed E-state index contributed by atoms with van der Waals surface area (Å²) in [5, 5.41) is 0. The molecule has 2 aliphatic rings. The lowest BCUT2D eigenvalue weighted by Gasteiger charge is -2.17. The quantitative estimate of drug-likeness (QED) is 0.593. The highest BCUT2D eigenvalue weighted by Gasteiger charge is 2.59. The molecule has 1 saturated heterocycles. The molecule has 2 heteroatoms. The molecule has 12 heavy (non-hydrogen) atoms. The van der Waals surface area contributed by atoms with E-state index in [2.05, 4.69) is 0 Å². The highest BCUT2D eigenvalue weighted by molar-refractivity contribution is 5.89. The molecular weight excluding hydrogens is 152 g/mol. The van der Waals surface area contributed by atoms with Crippen molar-refractivity contribution in [2.24, 2.45) is 23.2 Å². The normalized spacial score (nSPS) is 39.4. The van der Waals surface area contributed by atoms with Crippen molar-refractivity contribution in [3.63, 3.8) is 0 Å². The smallest absolute Gasteiger partial charge is 0.142 e. The largest absolute Gasteiger partial charge is 0.381 e. The van der Waals surface area contributed by atoms with E-state index in [0.717, 1.165) is 13.2 Å². The number of ether oxygens (including phenoxy) is 1. The zero-order chi connectivity index (χ0) is 8.93. The van der Waals surface area contributed by atoms with Gasteiger partial charge in [0, 0.05) is 11.3 Å². The summed E-state index contributed by atoms with van der Waals surface area (Å²) >= 11 is 0. The summed E-state index contributed by atoms with van der Waals surface area (Å²) in [4.78, 5) is 11.8. The van der Waals surface area contributed by atoms with Crippen LogP contribution in [0.25, 0.3) is 0 Å². The van der Waals surface area contributed by atoms with Crippen LogP contribution in [0.2, 0.25) is 0 Å². The highest BCUT2D eigenvalue weighted by Crippen LogP contribution is 2.53. The van der Waals surface area contributed by atoms with E-state index in [1.807, 2.05) is 20.8 Å². The van der Waals surface area contributed by atoms with E-state index in [1.54, 1.807) is 0 Å². The zero-order valence-electron chi connectivity index (χ0n) is 7.96. The summed E-state index contributed by atoms with van der Waals surface area (Å²) in [5.74, 6) is 1.90. The van der Waals surface area contributed by atoms with Gasteiger partial charge in [0.15, 0.2) is 0 Å². The van der Waals surface area contributed by atoms with Gasteiger partial charge in [-0.3, -0.25) is 4.79 Å². The lowest BCUT2D eigenvalue weighted by Crippen LogP contribution is -2.24. The molecule has 2 rings (SSSR count). The van der Waals surface area contributed by atoms with Crippen LogP contribution in [0.4, 0.5) is 0 Å². The molecule has 1 aliphatic heterocycles. The van der Waals surface area contributed by atoms with Gasteiger partial charge in [-0.05, 0) is 11.8 Å². The number of ketones is 1. The SMILES string of the molecule is CC(C)(C)C(=O)C1C2COCC21. The second kappa shape index (κ2) is 2.32. The lowest BCUT2D eigenvalue weighted by molar-refractivity contribution is -0.129. The Morgan fingerprint density at radius 3 is 2.17 bits per heavy atom. The first-order valence-corrected chi connectivity index (χ1v) is 4.64. The standard InChI is InChI=1S/C10H16O2/c1-10(2,3)9(11)8-6-4-12-5-7(6)8/h6-8H,4-5H2,1-3H3. The molecule has 1 aliphatic carbocycles. The van der Waals surface area contributed by atoms with Gasteiger partial charge in [-0.1, -0.05) is 20.8 Å². The maximum Gasteiger partial charge on any atom is 0.142 e. The second-order valence-electron chi connectivity index (χ2n) is 5.01. The van der Waals surface area contributed by atoms with Gasteiger partial charge < -0.3 is 4.74 Å². The third kappa shape index (κ3) is 1.09. The predicted octanol–water partition coefficient (Wildman–Crippen LogP) is 1.49. The van der Waals surface area contributed by atoms with Crippen LogP contribution in [-0.2, 0) is 9.53 Å². The van der Waals surface area contributed by atoms with Crippen LogP contribution in [-0.4, -0.2) is 19.0 Å². The Morgan fingerprint density at radius 2 is 1.75 bits per heavy atom. The van der Waals surface area contributed by atoms with Crippen LogP contribution in [0.1, 0.15) is 20.8 Å². The van der Waals surface area contributed by atoms with Gasteiger partial charge in [-0.15, -0.1) is 0 Å². The molecule has 68 valence electrons. The van der Waals surface area contributed by atoms with E-state index in [4.69, 9.17) is 4.74 Å². The molecule has 0 radical (unpaired) electrons. The minimum Gasteiger partial charge on any atom is -0.381 e. The number of hydrogen-bond donors (Lipinski definition) is 0. The Kier molecular flexibility index (Phi) is 1.59. The van der Waals surface area contributed by atoms with Crippen molar-refractivity contribution in [2.75, 3.05) is 13.2 Å². The fourth-order valence-electron chi connectivity index (χ4n) is 2.13. The monoisotopic (exact) mass is 168 g/mol. The van der Waals surface area contributed by atoms with E-state index in [9.17, 15) is 4.79 Å². The van der Waals surface area contributed by atoms with Crippen molar-refractivity contribution in [3.8, 4) is 0 Å². The molecule has 0 aromatic heterocycles. The van der Waals surface area contributed by atoms with E-state index in [-0.39, 0.29) is 5.41 Å². The first kappa shape index (κ1) is 8.24. The molecule has 2 fully saturated rings. The summed E-state index contributed by atoms with van der Waals surface area (Å²) in [5.41, 5.74) is -0.158. The fourth-order valence-corrected chi connectivity index (χ4v) is 2.13. The van der Waals surface area contributed by atoms with Gasteiger partial charge in [-0.25, -0.2) is 0 Å². The van der Waals surface area contributed by atoms with Crippen molar-refractivity contribution in [3.05, 3.63) is 0 Å².